The van der Waals surface area contributed by atoms with Crippen LogP contribution >= 0.6 is 22.9 Å². The molecular weight excluding hydrogens is 231 g/mol. The Kier molecular flexibility index (Phi) is 5.96. The number of carbonyl (C=O) groups is 1. The van der Waals surface area contributed by atoms with Crippen molar-refractivity contribution in [3.63, 3.8) is 0 Å². The van der Waals surface area contributed by atoms with Crippen molar-refractivity contribution in [1.82, 2.24) is 8.85 Å². The van der Waals surface area contributed by atoms with Crippen LogP contribution in [0.1, 0.15) is 0 Å². The van der Waals surface area contributed by atoms with E-state index < -0.39 is 0 Å². The fraction of sp³-hybridized carbons (Fsp3) is 0.400. The number of carbonyl (C=O) groups excluding carboxylic acids is 1. The maximum Gasteiger partial charge on any atom is 0.243 e. The summed E-state index contributed by atoms with van der Waals surface area (Å²) >= 11 is 2.02. The average Bonchev–Trinajstić information content (AvgIpc) is 1.89. The molecule has 2 N–H and O–H groups in total. The van der Waals surface area contributed by atoms with E-state index in [1.54, 1.807) is 0 Å². The van der Waals surface area contributed by atoms with E-state index in [0.717, 1.165) is 6.54 Å². The predicted octanol–water partition coefficient (Wildman–Crippen LogP) is 0.228. The second-order valence-electron chi connectivity index (χ2n) is 1.38. The number of rotatable bonds is 4. The first-order valence-corrected chi connectivity index (χ1v) is 3.63. The minimum absolute atomic E-state index is 0.123. The van der Waals surface area contributed by atoms with E-state index in [-0.39, 0.29) is 5.91 Å². The molecule has 9 heavy (non-hydrogen) atoms. The van der Waals surface area contributed by atoms with Crippen LogP contribution in [0.4, 0.5) is 0 Å². The van der Waals surface area contributed by atoms with Crippen LogP contribution in [-0.4, -0.2) is 19.0 Å². The standard InChI is InChI=1S/C5H9IN2O/c1-2-5(9)7-3-4-8-6/h2,8H,1,3-4H2,(H,7,9). The summed E-state index contributed by atoms with van der Waals surface area (Å²) in [7, 11) is 0. The first-order valence-electron chi connectivity index (χ1n) is 2.55. The Labute approximate surface area is 68.4 Å². The lowest BCUT2D eigenvalue weighted by Gasteiger charge is -1.97. The van der Waals surface area contributed by atoms with Crippen LogP contribution in [0.5, 0.6) is 0 Å². The Morgan fingerprint density at radius 1 is 1.67 bits per heavy atom. The molecule has 0 aliphatic heterocycles. The highest BCUT2D eigenvalue weighted by Crippen LogP contribution is 1.68. The average molecular weight is 240 g/mol. The van der Waals surface area contributed by atoms with Crippen LogP contribution in [-0.2, 0) is 4.79 Å². The highest BCUT2D eigenvalue weighted by molar-refractivity contribution is 14.1. The minimum atomic E-state index is -0.123. The molecule has 52 valence electrons. The van der Waals surface area contributed by atoms with Gasteiger partial charge < -0.3 is 5.32 Å². The van der Waals surface area contributed by atoms with Gasteiger partial charge in [-0.3, -0.25) is 8.32 Å². The van der Waals surface area contributed by atoms with Gasteiger partial charge in [-0.25, -0.2) is 0 Å². The van der Waals surface area contributed by atoms with Gasteiger partial charge in [-0.05, 0) is 6.08 Å². The molecule has 0 aromatic heterocycles. The molecule has 0 heterocycles. The zero-order valence-corrected chi connectivity index (χ0v) is 7.14. The Bertz CT molecular complexity index is 105. The third-order valence-corrected chi connectivity index (χ3v) is 1.24. The largest absolute Gasteiger partial charge is 0.351 e. The van der Waals surface area contributed by atoms with Gasteiger partial charge in [0.25, 0.3) is 0 Å². The number of hydrogen-bond acceptors (Lipinski definition) is 2. The summed E-state index contributed by atoms with van der Waals surface area (Å²) in [6.45, 7) is 4.73. The molecule has 0 bridgehead atoms. The summed E-state index contributed by atoms with van der Waals surface area (Å²) in [5.74, 6) is -0.123. The zero-order chi connectivity index (χ0) is 7.11. The van der Waals surface area contributed by atoms with E-state index in [0.29, 0.717) is 6.54 Å². The van der Waals surface area contributed by atoms with E-state index in [1.165, 1.54) is 6.08 Å². The Hall–Kier alpha value is -0.100. The third kappa shape index (κ3) is 5.78. The van der Waals surface area contributed by atoms with E-state index in [2.05, 4.69) is 15.4 Å². The van der Waals surface area contributed by atoms with Gasteiger partial charge in [0.05, 0.1) is 0 Å². The predicted molar refractivity (Wildman–Crippen MR) is 45.2 cm³/mol. The fourth-order valence-corrected chi connectivity index (χ4v) is 0.575. The second kappa shape index (κ2) is 6.03. The molecule has 0 aliphatic rings. The van der Waals surface area contributed by atoms with Gasteiger partial charge in [-0.2, -0.15) is 0 Å². The van der Waals surface area contributed by atoms with Crippen molar-refractivity contribution in [1.29, 1.82) is 0 Å². The first-order chi connectivity index (χ1) is 4.31. The van der Waals surface area contributed by atoms with Gasteiger partial charge in [0.1, 0.15) is 0 Å². The summed E-state index contributed by atoms with van der Waals surface area (Å²) in [4.78, 5) is 10.4. The Morgan fingerprint density at radius 2 is 2.33 bits per heavy atom. The lowest BCUT2D eigenvalue weighted by atomic mass is 10.5. The van der Waals surface area contributed by atoms with Crippen LogP contribution in [0.3, 0.4) is 0 Å². The van der Waals surface area contributed by atoms with Crippen molar-refractivity contribution in [3.8, 4) is 0 Å². The van der Waals surface area contributed by atoms with Gasteiger partial charge in [0, 0.05) is 36.0 Å². The highest BCUT2D eigenvalue weighted by atomic mass is 127. The van der Waals surface area contributed by atoms with Crippen molar-refractivity contribution in [2.24, 2.45) is 0 Å². The fourth-order valence-electron chi connectivity index (χ4n) is 0.305. The van der Waals surface area contributed by atoms with Crippen LogP contribution in [0.2, 0.25) is 0 Å². The summed E-state index contributed by atoms with van der Waals surface area (Å²) in [5, 5.41) is 2.61. The van der Waals surface area contributed by atoms with Crippen LogP contribution in [0, 0.1) is 0 Å². The normalized spacial score (nSPS) is 8.56. The molecule has 0 rings (SSSR count). The smallest absolute Gasteiger partial charge is 0.243 e. The monoisotopic (exact) mass is 240 g/mol. The van der Waals surface area contributed by atoms with E-state index in [9.17, 15) is 4.79 Å². The van der Waals surface area contributed by atoms with Crippen molar-refractivity contribution < 1.29 is 4.79 Å². The molecule has 0 saturated heterocycles. The molecule has 0 unspecified atom stereocenters. The molecule has 0 saturated carbocycles. The Balaban J connectivity index is 3.07. The number of amides is 1. The first kappa shape index (κ1) is 8.90. The summed E-state index contributed by atoms with van der Waals surface area (Å²) in [6, 6.07) is 0. The minimum Gasteiger partial charge on any atom is -0.351 e. The van der Waals surface area contributed by atoms with Crippen LogP contribution < -0.4 is 8.85 Å². The summed E-state index contributed by atoms with van der Waals surface area (Å²) in [5.41, 5.74) is 0. The van der Waals surface area contributed by atoms with E-state index >= 15 is 0 Å². The van der Waals surface area contributed by atoms with Crippen LogP contribution in [0.25, 0.3) is 0 Å². The molecule has 4 heteroatoms. The van der Waals surface area contributed by atoms with Crippen molar-refractivity contribution in [2.45, 2.75) is 0 Å². The lowest BCUT2D eigenvalue weighted by molar-refractivity contribution is -0.116. The molecular formula is C5H9IN2O. The molecule has 3 nitrogen and oxygen atoms in total. The topological polar surface area (TPSA) is 41.1 Å². The van der Waals surface area contributed by atoms with Gasteiger partial charge in [0.15, 0.2) is 0 Å². The van der Waals surface area contributed by atoms with Crippen molar-refractivity contribution >= 4 is 28.8 Å². The van der Waals surface area contributed by atoms with Crippen molar-refractivity contribution in [2.75, 3.05) is 13.1 Å². The highest BCUT2D eigenvalue weighted by Gasteiger charge is 1.88. The van der Waals surface area contributed by atoms with Crippen molar-refractivity contribution in [3.05, 3.63) is 12.7 Å². The summed E-state index contributed by atoms with van der Waals surface area (Å²) < 4.78 is 2.87. The van der Waals surface area contributed by atoms with Gasteiger partial charge in [-0.1, -0.05) is 6.58 Å². The zero-order valence-electron chi connectivity index (χ0n) is 4.98. The molecule has 0 aromatic rings. The number of halogens is 1. The quantitative estimate of drug-likeness (QED) is 0.319. The molecule has 0 spiro atoms. The van der Waals surface area contributed by atoms with Gasteiger partial charge >= 0.3 is 0 Å². The SMILES string of the molecule is C=CC(=O)NCCNI. The van der Waals surface area contributed by atoms with E-state index in [1.807, 2.05) is 22.9 Å². The molecule has 0 aliphatic carbocycles. The molecule has 1 amide bonds. The number of nitrogens with one attached hydrogen (secondary N) is 2. The second-order valence-corrected chi connectivity index (χ2v) is 2.14. The maximum absolute atomic E-state index is 10.4. The van der Waals surface area contributed by atoms with Crippen LogP contribution in [0.15, 0.2) is 12.7 Å². The van der Waals surface area contributed by atoms with E-state index in [4.69, 9.17) is 0 Å². The molecule has 0 atom stereocenters. The third-order valence-electron chi connectivity index (χ3n) is 0.704. The van der Waals surface area contributed by atoms with Gasteiger partial charge in [-0.15, -0.1) is 0 Å². The molecule has 0 aromatic carbocycles. The number of hydrogen-bond donors (Lipinski definition) is 2. The lowest BCUT2D eigenvalue weighted by Crippen LogP contribution is -2.27. The Morgan fingerprint density at radius 3 is 2.78 bits per heavy atom. The molecule has 0 fully saturated rings. The molecule has 0 radical (unpaired) electrons. The van der Waals surface area contributed by atoms with Gasteiger partial charge in [0.2, 0.25) is 5.91 Å². The maximum atomic E-state index is 10.4. The summed E-state index contributed by atoms with van der Waals surface area (Å²) in [6.07, 6.45) is 1.26.